The summed E-state index contributed by atoms with van der Waals surface area (Å²) < 4.78 is 10.9. The van der Waals surface area contributed by atoms with Crippen LogP contribution in [-0.2, 0) is 19.5 Å². The summed E-state index contributed by atoms with van der Waals surface area (Å²) in [5.41, 5.74) is 3.58. The number of phenols is 1. The fourth-order valence-corrected chi connectivity index (χ4v) is 3.26. The Bertz CT molecular complexity index is 809. The van der Waals surface area contributed by atoms with Gasteiger partial charge in [0.25, 0.3) is 0 Å². The van der Waals surface area contributed by atoms with Crippen molar-refractivity contribution < 1.29 is 14.6 Å². The number of benzene rings is 2. The summed E-state index contributed by atoms with van der Waals surface area (Å²) >= 11 is 0. The Kier molecular flexibility index (Phi) is 8.22. The number of methoxy groups -OCH3 is 2. The number of halogens is 1. The molecule has 0 aliphatic carbocycles. The van der Waals surface area contributed by atoms with Gasteiger partial charge in [-0.15, -0.1) is 24.0 Å². The zero-order chi connectivity index (χ0) is 19.2. The Morgan fingerprint density at radius 2 is 1.75 bits per heavy atom. The highest BCUT2D eigenvalue weighted by molar-refractivity contribution is 14.0. The lowest BCUT2D eigenvalue weighted by Gasteiger charge is -2.32. The Morgan fingerprint density at radius 1 is 1.11 bits per heavy atom. The van der Waals surface area contributed by atoms with E-state index in [1.165, 1.54) is 11.1 Å². The largest absolute Gasteiger partial charge is 0.508 e. The Labute approximate surface area is 183 Å². The highest BCUT2D eigenvalue weighted by atomic mass is 127. The molecule has 0 atom stereocenters. The van der Waals surface area contributed by atoms with Crippen LogP contribution in [0.15, 0.2) is 41.4 Å². The van der Waals surface area contributed by atoms with Crippen molar-refractivity contribution in [3.8, 4) is 17.2 Å². The molecule has 0 saturated carbocycles. The maximum Gasteiger partial charge on any atom is 0.194 e. The number of hydrogen-bond donors (Lipinski definition) is 2. The molecular formula is C21H28IN3O3. The quantitative estimate of drug-likeness (QED) is 0.376. The van der Waals surface area contributed by atoms with Gasteiger partial charge in [-0.25, -0.2) is 4.99 Å². The maximum atomic E-state index is 9.42. The van der Waals surface area contributed by atoms with Gasteiger partial charge in [-0.3, -0.25) is 0 Å². The van der Waals surface area contributed by atoms with Gasteiger partial charge in [0.05, 0.1) is 20.8 Å². The third-order valence-corrected chi connectivity index (χ3v) is 4.70. The van der Waals surface area contributed by atoms with Gasteiger partial charge in [0.1, 0.15) is 5.75 Å². The second-order valence-electron chi connectivity index (χ2n) is 6.48. The first kappa shape index (κ1) is 22.1. The smallest absolute Gasteiger partial charge is 0.194 e. The molecule has 0 radical (unpaired) electrons. The van der Waals surface area contributed by atoms with Crippen molar-refractivity contribution in [1.29, 1.82) is 0 Å². The molecule has 3 rings (SSSR count). The van der Waals surface area contributed by atoms with Crippen molar-refractivity contribution in [2.45, 2.75) is 26.4 Å². The zero-order valence-electron chi connectivity index (χ0n) is 16.6. The standard InChI is InChI=1S/C21H27N3O3.HI/c1-4-22-21(23-13-15-5-7-18(25)8-6-15)24-10-9-16-11-19(26-2)20(27-3)12-17(16)14-24;/h5-8,11-12,25H,4,9-10,13-14H2,1-3H3,(H,22,23);1H. The van der Waals surface area contributed by atoms with E-state index in [0.717, 1.165) is 49.1 Å². The lowest BCUT2D eigenvalue weighted by molar-refractivity contribution is 0.346. The molecule has 0 saturated heterocycles. The molecule has 152 valence electrons. The van der Waals surface area contributed by atoms with Crippen LogP contribution in [0.4, 0.5) is 0 Å². The maximum absolute atomic E-state index is 9.42. The zero-order valence-corrected chi connectivity index (χ0v) is 18.9. The van der Waals surface area contributed by atoms with E-state index in [-0.39, 0.29) is 29.7 Å². The number of aliphatic imine (C=N–C) groups is 1. The van der Waals surface area contributed by atoms with Gasteiger partial charge in [0.15, 0.2) is 17.5 Å². The van der Waals surface area contributed by atoms with Gasteiger partial charge in [-0.2, -0.15) is 0 Å². The fraction of sp³-hybridized carbons (Fsp3) is 0.381. The number of hydrogen-bond acceptors (Lipinski definition) is 4. The van der Waals surface area contributed by atoms with E-state index in [1.54, 1.807) is 26.4 Å². The van der Waals surface area contributed by atoms with E-state index in [2.05, 4.69) is 29.3 Å². The molecule has 7 heteroatoms. The van der Waals surface area contributed by atoms with Crippen molar-refractivity contribution >= 4 is 29.9 Å². The molecule has 0 amide bonds. The van der Waals surface area contributed by atoms with Gasteiger partial charge in [0, 0.05) is 19.6 Å². The molecule has 0 spiro atoms. The minimum absolute atomic E-state index is 0. The van der Waals surface area contributed by atoms with E-state index >= 15 is 0 Å². The highest BCUT2D eigenvalue weighted by Crippen LogP contribution is 2.33. The molecule has 2 aromatic rings. The Balaban J connectivity index is 0.00000280. The van der Waals surface area contributed by atoms with Crippen LogP contribution in [0.5, 0.6) is 17.2 Å². The molecule has 6 nitrogen and oxygen atoms in total. The first-order valence-electron chi connectivity index (χ1n) is 9.19. The molecule has 1 aliphatic heterocycles. The highest BCUT2D eigenvalue weighted by Gasteiger charge is 2.21. The van der Waals surface area contributed by atoms with Gasteiger partial charge >= 0.3 is 0 Å². The van der Waals surface area contributed by atoms with E-state index in [4.69, 9.17) is 14.5 Å². The Hall–Kier alpha value is -2.16. The van der Waals surface area contributed by atoms with Crippen LogP contribution in [0, 0.1) is 0 Å². The second kappa shape index (κ2) is 10.4. The average Bonchev–Trinajstić information content (AvgIpc) is 2.70. The first-order chi connectivity index (χ1) is 13.1. The molecule has 0 aromatic heterocycles. The van der Waals surface area contributed by atoms with E-state index in [0.29, 0.717) is 6.54 Å². The lowest BCUT2D eigenvalue weighted by Crippen LogP contribution is -2.44. The van der Waals surface area contributed by atoms with Crippen LogP contribution in [0.2, 0.25) is 0 Å². The molecule has 1 heterocycles. The minimum atomic E-state index is 0. The summed E-state index contributed by atoms with van der Waals surface area (Å²) in [5.74, 6) is 2.69. The Morgan fingerprint density at radius 3 is 2.36 bits per heavy atom. The monoisotopic (exact) mass is 497 g/mol. The third kappa shape index (κ3) is 5.21. The van der Waals surface area contributed by atoms with Gasteiger partial charge in [0.2, 0.25) is 0 Å². The number of aromatic hydroxyl groups is 1. The molecular weight excluding hydrogens is 469 g/mol. The average molecular weight is 497 g/mol. The van der Waals surface area contributed by atoms with Crippen molar-refractivity contribution in [3.63, 3.8) is 0 Å². The number of phenolic OH excluding ortho intramolecular Hbond substituents is 1. The van der Waals surface area contributed by atoms with E-state index in [9.17, 15) is 5.11 Å². The lowest BCUT2D eigenvalue weighted by atomic mass is 9.99. The molecule has 28 heavy (non-hydrogen) atoms. The number of rotatable bonds is 5. The van der Waals surface area contributed by atoms with Crippen LogP contribution >= 0.6 is 24.0 Å². The molecule has 0 bridgehead atoms. The number of fused-ring (bicyclic) bond motifs is 1. The second-order valence-corrected chi connectivity index (χ2v) is 6.48. The molecule has 0 fully saturated rings. The topological polar surface area (TPSA) is 66.3 Å². The van der Waals surface area contributed by atoms with Gasteiger partial charge < -0.3 is 24.8 Å². The third-order valence-electron chi connectivity index (χ3n) is 4.70. The van der Waals surface area contributed by atoms with E-state index < -0.39 is 0 Å². The van der Waals surface area contributed by atoms with Crippen molar-refractivity contribution in [2.24, 2.45) is 4.99 Å². The predicted octanol–water partition coefficient (Wildman–Crippen LogP) is 3.55. The molecule has 0 unspecified atom stereocenters. The summed E-state index contributed by atoms with van der Waals surface area (Å²) in [5, 5.41) is 12.8. The number of guanidine groups is 1. The minimum Gasteiger partial charge on any atom is -0.508 e. The van der Waals surface area contributed by atoms with Crippen LogP contribution in [0.25, 0.3) is 0 Å². The fourth-order valence-electron chi connectivity index (χ4n) is 3.26. The summed E-state index contributed by atoms with van der Waals surface area (Å²) in [6.45, 7) is 5.12. The van der Waals surface area contributed by atoms with Gasteiger partial charge in [-0.05, 0) is 54.3 Å². The molecule has 1 aliphatic rings. The van der Waals surface area contributed by atoms with Crippen LogP contribution in [0.3, 0.4) is 0 Å². The van der Waals surface area contributed by atoms with Crippen molar-refractivity contribution in [2.75, 3.05) is 27.3 Å². The van der Waals surface area contributed by atoms with Crippen LogP contribution in [-0.4, -0.2) is 43.3 Å². The van der Waals surface area contributed by atoms with Crippen molar-refractivity contribution in [1.82, 2.24) is 10.2 Å². The summed E-state index contributed by atoms with van der Waals surface area (Å²) in [4.78, 5) is 7.04. The predicted molar refractivity (Wildman–Crippen MR) is 122 cm³/mol. The van der Waals surface area contributed by atoms with Gasteiger partial charge in [-0.1, -0.05) is 12.1 Å². The number of nitrogens with one attached hydrogen (secondary N) is 1. The van der Waals surface area contributed by atoms with E-state index in [1.807, 2.05) is 12.1 Å². The summed E-state index contributed by atoms with van der Waals surface area (Å²) in [6, 6.07) is 11.3. The molecule has 2 N–H and O–H groups in total. The SMILES string of the molecule is CCNC(=NCc1ccc(O)cc1)N1CCc2cc(OC)c(OC)cc2C1.I. The first-order valence-corrected chi connectivity index (χ1v) is 9.19. The van der Waals surface area contributed by atoms with Crippen LogP contribution in [0.1, 0.15) is 23.6 Å². The summed E-state index contributed by atoms with van der Waals surface area (Å²) in [6.07, 6.45) is 0.930. The molecule has 2 aromatic carbocycles. The summed E-state index contributed by atoms with van der Waals surface area (Å²) in [7, 11) is 3.33. The van der Waals surface area contributed by atoms with Crippen LogP contribution < -0.4 is 14.8 Å². The van der Waals surface area contributed by atoms with Crippen molar-refractivity contribution in [3.05, 3.63) is 53.1 Å². The number of ether oxygens (including phenoxy) is 2. The normalized spacial score (nSPS) is 13.4. The number of nitrogens with zero attached hydrogens (tertiary/aromatic N) is 2.